The molecule has 0 aromatic carbocycles. The SMILES string of the molecule is c1csc(-c2csc3nc(CN4CCOCC4)nc(NCc4nnc5n4CCC5)c23)c1. The number of ether oxygens (including phenoxy) is 1. The molecule has 0 amide bonds. The molecule has 0 unspecified atom stereocenters. The minimum Gasteiger partial charge on any atom is -0.379 e. The van der Waals surface area contributed by atoms with Gasteiger partial charge in [0, 0.05) is 41.9 Å². The van der Waals surface area contributed by atoms with E-state index >= 15 is 0 Å². The minimum absolute atomic E-state index is 0.607. The summed E-state index contributed by atoms with van der Waals surface area (Å²) < 4.78 is 7.72. The fourth-order valence-electron chi connectivity index (χ4n) is 4.26. The van der Waals surface area contributed by atoms with E-state index in [9.17, 15) is 0 Å². The second-order valence-corrected chi connectivity index (χ2v) is 9.63. The number of aromatic nitrogens is 5. The maximum atomic E-state index is 5.49. The molecule has 1 fully saturated rings. The first kappa shape index (κ1) is 19.3. The summed E-state index contributed by atoms with van der Waals surface area (Å²) in [6.45, 7) is 5.72. The number of nitrogens with zero attached hydrogens (tertiary/aromatic N) is 6. The van der Waals surface area contributed by atoms with Gasteiger partial charge in [-0.25, -0.2) is 9.97 Å². The third-order valence-corrected chi connectivity index (χ3v) is 7.61. The van der Waals surface area contributed by atoms with Crippen LogP contribution in [0.4, 0.5) is 5.82 Å². The van der Waals surface area contributed by atoms with Gasteiger partial charge in [0.25, 0.3) is 0 Å². The van der Waals surface area contributed by atoms with Crippen molar-refractivity contribution in [3.05, 3.63) is 40.4 Å². The molecule has 2 aliphatic heterocycles. The van der Waals surface area contributed by atoms with Crippen LogP contribution in [0.15, 0.2) is 22.9 Å². The van der Waals surface area contributed by atoms with Gasteiger partial charge in [0.15, 0.2) is 5.82 Å². The van der Waals surface area contributed by atoms with Gasteiger partial charge in [-0.1, -0.05) is 6.07 Å². The van der Waals surface area contributed by atoms with Crippen molar-refractivity contribution in [2.24, 2.45) is 0 Å². The van der Waals surface area contributed by atoms with Crippen LogP contribution in [0.1, 0.15) is 23.9 Å². The first-order valence-corrected chi connectivity index (χ1v) is 12.4. The van der Waals surface area contributed by atoms with E-state index in [2.05, 4.69) is 47.9 Å². The zero-order valence-electron chi connectivity index (χ0n) is 17.1. The Labute approximate surface area is 187 Å². The Balaban J connectivity index is 1.36. The number of morpholine rings is 1. The van der Waals surface area contributed by atoms with E-state index < -0.39 is 0 Å². The number of hydrogen-bond donors (Lipinski definition) is 1. The Bertz CT molecular complexity index is 1190. The van der Waals surface area contributed by atoms with E-state index in [1.807, 2.05) is 0 Å². The van der Waals surface area contributed by atoms with Crippen LogP contribution in [0.5, 0.6) is 0 Å². The number of rotatable bonds is 6. The fraction of sp³-hybridized carbons (Fsp3) is 0.429. The van der Waals surface area contributed by atoms with Crippen molar-refractivity contribution in [2.75, 3.05) is 31.6 Å². The zero-order valence-corrected chi connectivity index (χ0v) is 18.7. The predicted molar refractivity (Wildman–Crippen MR) is 122 cm³/mol. The maximum Gasteiger partial charge on any atom is 0.152 e. The molecule has 0 aliphatic carbocycles. The van der Waals surface area contributed by atoms with Crippen LogP contribution < -0.4 is 5.32 Å². The number of aryl methyl sites for hydroxylation is 1. The molecule has 0 saturated carbocycles. The van der Waals surface area contributed by atoms with Crippen molar-refractivity contribution in [3.63, 3.8) is 0 Å². The lowest BCUT2D eigenvalue weighted by molar-refractivity contribution is 0.0331. The summed E-state index contributed by atoms with van der Waals surface area (Å²) in [6, 6.07) is 4.24. The zero-order chi connectivity index (χ0) is 20.6. The second-order valence-electron chi connectivity index (χ2n) is 7.82. The molecule has 31 heavy (non-hydrogen) atoms. The van der Waals surface area contributed by atoms with Crippen LogP contribution in [0, 0.1) is 0 Å². The van der Waals surface area contributed by atoms with E-state index in [0.717, 1.165) is 85.7 Å². The highest BCUT2D eigenvalue weighted by Gasteiger charge is 2.20. The Kier molecular flexibility index (Phi) is 5.15. The van der Waals surface area contributed by atoms with Crippen molar-refractivity contribution in [2.45, 2.75) is 32.5 Å². The van der Waals surface area contributed by atoms with Gasteiger partial charge < -0.3 is 14.6 Å². The van der Waals surface area contributed by atoms with E-state index in [1.54, 1.807) is 22.7 Å². The lowest BCUT2D eigenvalue weighted by Crippen LogP contribution is -2.36. The Morgan fingerprint density at radius 1 is 1.10 bits per heavy atom. The van der Waals surface area contributed by atoms with Crippen molar-refractivity contribution in [3.8, 4) is 10.4 Å². The monoisotopic (exact) mass is 453 g/mol. The van der Waals surface area contributed by atoms with E-state index in [4.69, 9.17) is 14.7 Å². The van der Waals surface area contributed by atoms with Gasteiger partial charge in [0.2, 0.25) is 0 Å². The van der Waals surface area contributed by atoms with E-state index in [0.29, 0.717) is 6.54 Å². The molecule has 0 radical (unpaired) electrons. The molecule has 4 aromatic rings. The molecule has 10 heteroatoms. The van der Waals surface area contributed by atoms with Crippen LogP contribution in [-0.4, -0.2) is 55.9 Å². The number of anilines is 1. The molecule has 160 valence electrons. The lowest BCUT2D eigenvalue weighted by Gasteiger charge is -2.25. The molecular formula is C21H23N7OS2. The van der Waals surface area contributed by atoms with E-state index in [1.165, 1.54) is 10.4 Å². The Hall–Kier alpha value is -2.40. The van der Waals surface area contributed by atoms with Gasteiger partial charge in [-0.2, -0.15) is 0 Å². The van der Waals surface area contributed by atoms with Crippen molar-refractivity contribution in [1.82, 2.24) is 29.6 Å². The van der Waals surface area contributed by atoms with Crippen LogP contribution in [0.2, 0.25) is 0 Å². The van der Waals surface area contributed by atoms with Gasteiger partial charge in [-0.05, 0) is 17.9 Å². The van der Waals surface area contributed by atoms with Crippen molar-refractivity contribution < 1.29 is 4.74 Å². The van der Waals surface area contributed by atoms with Gasteiger partial charge >= 0.3 is 0 Å². The summed E-state index contributed by atoms with van der Waals surface area (Å²) in [7, 11) is 0. The Morgan fingerprint density at radius 2 is 2.03 bits per heavy atom. The highest BCUT2D eigenvalue weighted by Crippen LogP contribution is 2.39. The molecule has 0 atom stereocenters. The first-order valence-electron chi connectivity index (χ1n) is 10.6. The summed E-state index contributed by atoms with van der Waals surface area (Å²) >= 11 is 3.43. The average molecular weight is 454 g/mol. The standard InChI is InChI=1S/C21H23N7OS2/c1-4-17-25-26-18(28(17)5-1)11-22-20-19-14(15-3-2-10-30-15)13-31-21(19)24-16(23-20)12-27-6-8-29-9-7-27/h2-3,10,13H,1,4-9,11-12H2,(H,22,23,24). The highest BCUT2D eigenvalue weighted by atomic mass is 32.1. The molecule has 1 N–H and O–H groups in total. The average Bonchev–Trinajstić information content (AvgIpc) is 3.57. The van der Waals surface area contributed by atoms with Crippen molar-refractivity contribution >= 4 is 38.7 Å². The van der Waals surface area contributed by atoms with Gasteiger partial charge in [0.05, 0.1) is 31.7 Å². The van der Waals surface area contributed by atoms with Gasteiger partial charge in [0.1, 0.15) is 22.3 Å². The smallest absolute Gasteiger partial charge is 0.152 e. The largest absolute Gasteiger partial charge is 0.379 e. The minimum atomic E-state index is 0.607. The maximum absolute atomic E-state index is 5.49. The lowest BCUT2D eigenvalue weighted by atomic mass is 10.2. The molecule has 6 heterocycles. The predicted octanol–water partition coefficient (Wildman–Crippen LogP) is 3.40. The molecule has 4 aromatic heterocycles. The molecule has 6 rings (SSSR count). The normalized spacial score (nSPS) is 16.8. The second kappa shape index (κ2) is 8.27. The third-order valence-electron chi connectivity index (χ3n) is 5.84. The first-order chi connectivity index (χ1) is 15.3. The summed E-state index contributed by atoms with van der Waals surface area (Å²) in [4.78, 5) is 14.5. The van der Waals surface area contributed by atoms with Crippen LogP contribution >= 0.6 is 22.7 Å². The number of nitrogens with one attached hydrogen (secondary N) is 1. The molecule has 2 aliphatic rings. The summed E-state index contributed by atoms with van der Waals surface area (Å²) in [5, 5.41) is 17.7. The molecule has 1 saturated heterocycles. The summed E-state index contributed by atoms with van der Waals surface area (Å²) in [6.07, 6.45) is 2.16. The fourth-order valence-corrected chi connectivity index (χ4v) is 6.04. The number of hydrogen-bond acceptors (Lipinski definition) is 9. The van der Waals surface area contributed by atoms with Crippen LogP contribution in [0.25, 0.3) is 20.7 Å². The van der Waals surface area contributed by atoms with Crippen LogP contribution in [-0.2, 0) is 30.8 Å². The third kappa shape index (κ3) is 3.73. The Morgan fingerprint density at radius 3 is 2.90 bits per heavy atom. The summed E-state index contributed by atoms with van der Waals surface area (Å²) in [5.41, 5.74) is 1.20. The molecular weight excluding hydrogens is 430 g/mol. The number of thiophene rings is 2. The van der Waals surface area contributed by atoms with Crippen LogP contribution in [0.3, 0.4) is 0 Å². The molecule has 8 nitrogen and oxygen atoms in total. The van der Waals surface area contributed by atoms with Gasteiger partial charge in [-0.3, -0.25) is 4.90 Å². The number of fused-ring (bicyclic) bond motifs is 2. The van der Waals surface area contributed by atoms with Crippen molar-refractivity contribution in [1.29, 1.82) is 0 Å². The van der Waals surface area contributed by atoms with E-state index in [-0.39, 0.29) is 0 Å². The molecule has 0 spiro atoms. The molecule has 0 bridgehead atoms. The van der Waals surface area contributed by atoms with Gasteiger partial charge in [-0.15, -0.1) is 32.9 Å². The topological polar surface area (TPSA) is 81.0 Å². The summed E-state index contributed by atoms with van der Waals surface area (Å²) in [5.74, 6) is 3.80. The highest BCUT2D eigenvalue weighted by molar-refractivity contribution is 7.18. The quantitative estimate of drug-likeness (QED) is 0.479.